The first-order valence-corrected chi connectivity index (χ1v) is 6.18. The summed E-state index contributed by atoms with van der Waals surface area (Å²) in [6, 6.07) is 0. The number of ether oxygens (including phenoxy) is 2. The molecule has 11 heteroatoms. The molecule has 0 saturated carbocycles. The molecule has 0 aromatic heterocycles. The van der Waals surface area contributed by atoms with Gasteiger partial charge >= 0.3 is 0 Å². The second-order valence-corrected chi connectivity index (χ2v) is 5.17. The number of rotatable bonds is 2. The maximum atomic E-state index is 10.2. The zero-order valence-electron chi connectivity index (χ0n) is 10.8. The lowest BCUT2D eigenvalue weighted by Crippen LogP contribution is -2.80. The summed E-state index contributed by atoms with van der Waals surface area (Å²) < 4.78 is 9.23. The van der Waals surface area contributed by atoms with Crippen LogP contribution >= 0.6 is 0 Å². The van der Waals surface area contributed by atoms with E-state index >= 15 is 0 Å². The molecule has 9 N–H and O–H groups in total. The quantitative estimate of drug-likeness (QED) is 0.220. The zero-order chi connectivity index (χ0) is 16.0. The van der Waals surface area contributed by atoms with Crippen molar-refractivity contribution in [3.05, 3.63) is 0 Å². The van der Waals surface area contributed by atoms with Crippen molar-refractivity contribution in [3.63, 3.8) is 0 Å². The summed E-state index contributed by atoms with van der Waals surface area (Å²) in [4.78, 5) is 0. The number of nitrogens with one attached hydrogen (secondary N) is 1. The lowest BCUT2D eigenvalue weighted by atomic mass is 9.91. The summed E-state index contributed by atoms with van der Waals surface area (Å²) in [7, 11) is 0. The molecular weight excluding hydrogens is 294 g/mol. The molecule has 11 nitrogen and oxygen atoms in total. The highest BCUT2D eigenvalue weighted by molar-refractivity contribution is 5.03. The van der Waals surface area contributed by atoms with Gasteiger partial charge in [-0.05, 0) is 0 Å². The molecule has 8 atom stereocenters. The molecule has 2 unspecified atom stereocenters. The Hall–Kier alpha value is -0.440. The van der Waals surface area contributed by atoms with Gasteiger partial charge in [0.1, 0.15) is 24.4 Å². The van der Waals surface area contributed by atoms with Gasteiger partial charge in [-0.3, -0.25) is 0 Å². The molecule has 2 heterocycles. The van der Waals surface area contributed by atoms with Gasteiger partial charge in [0.05, 0.1) is 13.2 Å². The molecule has 2 aliphatic heterocycles. The highest BCUT2D eigenvalue weighted by atomic mass is 16.6. The van der Waals surface area contributed by atoms with Crippen molar-refractivity contribution in [1.82, 2.24) is 5.32 Å². The number of aliphatic hydroxyl groups is 8. The van der Waals surface area contributed by atoms with Crippen molar-refractivity contribution in [1.29, 1.82) is 0 Å². The molecule has 124 valence electrons. The van der Waals surface area contributed by atoms with E-state index in [1.54, 1.807) is 0 Å². The van der Waals surface area contributed by atoms with Crippen LogP contribution in [0.3, 0.4) is 0 Å². The van der Waals surface area contributed by atoms with E-state index in [-0.39, 0.29) is 0 Å². The molecule has 0 amide bonds. The van der Waals surface area contributed by atoms with Crippen LogP contribution in [0, 0.1) is 0 Å². The van der Waals surface area contributed by atoms with Crippen LogP contribution in [0.1, 0.15) is 0 Å². The first-order chi connectivity index (χ1) is 9.63. The molecule has 2 fully saturated rings. The maximum Gasteiger partial charge on any atom is 0.200 e. The normalized spacial score (nSPS) is 55.4. The smallest absolute Gasteiger partial charge is 0.200 e. The monoisotopic (exact) mass is 313 g/mol. The van der Waals surface area contributed by atoms with Crippen LogP contribution < -0.4 is 5.32 Å². The first-order valence-electron chi connectivity index (χ1n) is 6.18. The minimum atomic E-state index is -2.84. The summed E-state index contributed by atoms with van der Waals surface area (Å²) in [6.45, 7) is -0.982. The van der Waals surface area contributed by atoms with E-state index in [1.165, 1.54) is 0 Å². The van der Waals surface area contributed by atoms with Crippen molar-refractivity contribution in [2.75, 3.05) is 13.2 Å². The highest BCUT2D eigenvalue weighted by Gasteiger charge is 2.60. The number of hydrogen-bond donors (Lipinski definition) is 9. The predicted molar refractivity (Wildman–Crippen MR) is 61.0 cm³/mol. The fraction of sp³-hybridized carbons (Fsp3) is 1.00. The van der Waals surface area contributed by atoms with E-state index in [0.717, 1.165) is 0 Å². The summed E-state index contributed by atoms with van der Waals surface area (Å²) in [5.41, 5.74) is -5.68. The molecule has 0 spiro atoms. The molecule has 2 aliphatic rings. The predicted octanol–water partition coefficient (Wildman–Crippen LogP) is -5.91. The first kappa shape index (κ1) is 16.9. The molecule has 2 saturated heterocycles. The van der Waals surface area contributed by atoms with E-state index in [2.05, 4.69) is 9.47 Å². The molecule has 2 rings (SSSR count). The van der Waals surface area contributed by atoms with E-state index in [1.807, 2.05) is 5.32 Å². The molecular formula is C10H19NO10. The van der Waals surface area contributed by atoms with Gasteiger partial charge < -0.3 is 50.3 Å². The SMILES string of the molecule is OC1OC[C@@H](O)[C@H](O)[C@]1(O)N[C@]1(O)C(O)OC[C@@H](O)[C@@H]1O. The minimum absolute atomic E-state index is 0.491. The van der Waals surface area contributed by atoms with Gasteiger partial charge in [-0.2, -0.15) is 0 Å². The molecule has 0 bridgehead atoms. The fourth-order valence-electron chi connectivity index (χ4n) is 2.29. The Bertz CT molecular complexity index is 351. The van der Waals surface area contributed by atoms with E-state index in [4.69, 9.17) is 0 Å². The van der Waals surface area contributed by atoms with Gasteiger partial charge in [0, 0.05) is 0 Å². The third-order valence-corrected chi connectivity index (χ3v) is 3.63. The highest BCUT2D eigenvalue weighted by Crippen LogP contribution is 2.30. The van der Waals surface area contributed by atoms with Gasteiger partial charge in [0.15, 0.2) is 11.4 Å². The van der Waals surface area contributed by atoms with Crippen molar-refractivity contribution >= 4 is 0 Å². The van der Waals surface area contributed by atoms with Crippen LogP contribution in [0.4, 0.5) is 0 Å². The Labute approximate surface area is 118 Å². The summed E-state index contributed by atoms with van der Waals surface area (Å²) in [6.07, 6.45) is -11.5. The Kier molecular flexibility index (Phi) is 4.55. The summed E-state index contributed by atoms with van der Waals surface area (Å²) in [5.74, 6) is 0. The second kappa shape index (κ2) is 5.64. The van der Waals surface area contributed by atoms with Crippen molar-refractivity contribution < 1.29 is 50.3 Å². The summed E-state index contributed by atoms with van der Waals surface area (Å²) >= 11 is 0. The Morgan fingerprint density at radius 3 is 1.38 bits per heavy atom. The van der Waals surface area contributed by atoms with Gasteiger partial charge in [-0.1, -0.05) is 0 Å². The maximum absolute atomic E-state index is 10.2. The zero-order valence-corrected chi connectivity index (χ0v) is 10.8. The van der Waals surface area contributed by atoms with E-state index in [9.17, 15) is 40.9 Å². The van der Waals surface area contributed by atoms with Gasteiger partial charge in [0.25, 0.3) is 0 Å². The van der Waals surface area contributed by atoms with Gasteiger partial charge in [-0.25, -0.2) is 5.32 Å². The largest absolute Gasteiger partial charge is 0.388 e. The van der Waals surface area contributed by atoms with E-state index in [0.29, 0.717) is 0 Å². The van der Waals surface area contributed by atoms with Crippen molar-refractivity contribution in [2.24, 2.45) is 0 Å². The lowest BCUT2D eigenvalue weighted by Gasteiger charge is -2.51. The van der Waals surface area contributed by atoms with Crippen LogP contribution in [-0.4, -0.2) is 103 Å². The minimum Gasteiger partial charge on any atom is -0.388 e. The van der Waals surface area contributed by atoms with Crippen LogP contribution in [0.15, 0.2) is 0 Å². The van der Waals surface area contributed by atoms with Gasteiger partial charge in [-0.15, -0.1) is 0 Å². The Morgan fingerprint density at radius 2 is 1.05 bits per heavy atom. The second-order valence-electron chi connectivity index (χ2n) is 5.17. The van der Waals surface area contributed by atoms with Gasteiger partial charge in [0.2, 0.25) is 12.6 Å². The van der Waals surface area contributed by atoms with E-state index < -0.39 is 61.7 Å². The molecule has 0 aliphatic carbocycles. The molecule has 0 aromatic carbocycles. The number of hydrogen-bond acceptors (Lipinski definition) is 11. The average molecular weight is 313 g/mol. The lowest BCUT2D eigenvalue weighted by molar-refractivity contribution is -0.368. The van der Waals surface area contributed by atoms with Crippen LogP contribution in [0.2, 0.25) is 0 Å². The summed E-state index contributed by atoms with van der Waals surface area (Å²) in [5, 5.41) is 79.9. The van der Waals surface area contributed by atoms with Crippen LogP contribution in [0.5, 0.6) is 0 Å². The third kappa shape index (κ3) is 2.67. The van der Waals surface area contributed by atoms with Crippen molar-refractivity contribution in [2.45, 2.75) is 48.4 Å². The topological polar surface area (TPSA) is 192 Å². The number of aliphatic hydroxyl groups excluding tert-OH is 6. The third-order valence-electron chi connectivity index (χ3n) is 3.63. The Balaban J connectivity index is 2.28. The Morgan fingerprint density at radius 1 is 0.714 bits per heavy atom. The standard InChI is InChI=1S/C10H19NO10/c12-3-1-20-7(16)9(18,5(3)14)11-10(19)6(15)4(13)2-21-8(10)17/h3-8,11-19H,1-2H2/t3-,4-,5+,6+,7?,8?,9-,10-/m1/s1. The molecule has 0 aromatic rings. The fourth-order valence-corrected chi connectivity index (χ4v) is 2.29. The average Bonchev–Trinajstić information content (AvgIpc) is 2.44. The van der Waals surface area contributed by atoms with Crippen LogP contribution in [-0.2, 0) is 9.47 Å². The molecule has 21 heavy (non-hydrogen) atoms. The van der Waals surface area contributed by atoms with Crippen LogP contribution in [0.25, 0.3) is 0 Å². The van der Waals surface area contributed by atoms with Crippen molar-refractivity contribution in [3.8, 4) is 0 Å². The molecule has 0 radical (unpaired) electrons.